The van der Waals surface area contributed by atoms with Crippen LogP contribution in [0.3, 0.4) is 0 Å². The van der Waals surface area contributed by atoms with Gasteiger partial charge in [-0.05, 0) is 30.5 Å². The number of benzene rings is 1. The van der Waals surface area contributed by atoms with E-state index in [0.29, 0.717) is 6.07 Å². The number of hydrogen-bond donors (Lipinski definition) is 1. The predicted octanol–water partition coefficient (Wildman–Crippen LogP) is 3.94. The van der Waals surface area contributed by atoms with E-state index in [1.165, 1.54) is 6.07 Å². The van der Waals surface area contributed by atoms with Crippen molar-refractivity contribution in [2.45, 2.75) is 43.9 Å². The number of halogens is 4. The molecule has 0 aromatic heterocycles. The van der Waals surface area contributed by atoms with Crippen LogP contribution in [0.15, 0.2) is 18.2 Å². The number of rotatable bonds is 3. The summed E-state index contributed by atoms with van der Waals surface area (Å²) in [4.78, 5) is 0. The van der Waals surface area contributed by atoms with E-state index in [1.54, 1.807) is 0 Å². The Kier molecular flexibility index (Phi) is 4.29. The summed E-state index contributed by atoms with van der Waals surface area (Å²) < 4.78 is 51.2. The molecular weight excluding hydrogens is 272 g/mol. The molecule has 108 valence electrons. The van der Waals surface area contributed by atoms with Gasteiger partial charge in [-0.1, -0.05) is 18.9 Å². The van der Waals surface area contributed by atoms with E-state index >= 15 is 0 Å². The van der Waals surface area contributed by atoms with Crippen LogP contribution in [0.2, 0.25) is 0 Å². The summed E-state index contributed by atoms with van der Waals surface area (Å²) in [7, 11) is 0. The number of nitrogens with zero attached hydrogens (tertiary/aromatic N) is 1. The van der Waals surface area contributed by atoms with Crippen molar-refractivity contribution < 1.29 is 17.6 Å². The SMILES string of the molecule is N#CC(NC1CCCC1)c1ccc(F)c(C(F)(F)F)c1. The minimum atomic E-state index is -4.76. The second-order valence-corrected chi connectivity index (χ2v) is 4.95. The van der Waals surface area contributed by atoms with Crippen LogP contribution in [0, 0.1) is 17.1 Å². The molecule has 1 atom stereocenters. The van der Waals surface area contributed by atoms with Gasteiger partial charge >= 0.3 is 6.18 Å². The lowest BCUT2D eigenvalue weighted by Gasteiger charge is -2.18. The van der Waals surface area contributed by atoms with E-state index < -0.39 is 23.6 Å². The molecule has 1 saturated carbocycles. The highest BCUT2D eigenvalue weighted by Gasteiger charge is 2.35. The van der Waals surface area contributed by atoms with Crippen molar-refractivity contribution in [2.24, 2.45) is 0 Å². The number of alkyl halides is 3. The van der Waals surface area contributed by atoms with Gasteiger partial charge in [-0.15, -0.1) is 0 Å². The zero-order valence-electron chi connectivity index (χ0n) is 10.7. The molecule has 1 aliphatic carbocycles. The molecule has 1 N–H and O–H groups in total. The van der Waals surface area contributed by atoms with E-state index in [2.05, 4.69) is 5.32 Å². The van der Waals surface area contributed by atoms with Crippen molar-refractivity contribution in [3.8, 4) is 6.07 Å². The van der Waals surface area contributed by atoms with Crippen LogP contribution in [0.25, 0.3) is 0 Å². The first-order valence-electron chi connectivity index (χ1n) is 6.44. The Bertz CT molecular complexity index is 513. The van der Waals surface area contributed by atoms with Crippen molar-refractivity contribution in [1.82, 2.24) is 5.32 Å². The third kappa shape index (κ3) is 3.28. The average molecular weight is 286 g/mol. The summed E-state index contributed by atoms with van der Waals surface area (Å²) in [5.41, 5.74) is -1.18. The lowest BCUT2D eigenvalue weighted by atomic mass is 10.0. The first-order valence-corrected chi connectivity index (χ1v) is 6.44. The summed E-state index contributed by atoms with van der Waals surface area (Å²) >= 11 is 0. The Hall–Kier alpha value is -1.61. The molecule has 0 heterocycles. The van der Waals surface area contributed by atoms with Crippen molar-refractivity contribution in [2.75, 3.05) is 0 Å². The maximum absolute atomic E-state index is 13.2. The van der Waals surface area contributed by atoms with Gasteiger partial charge in [0, 0.05) is 6.04 Å². The first-order chi connectivity index (χ1) is 9.41. The lowest BCUT2D eigenvalue weighted by Crippen LogP contribution is -2.30. The van der Waals surface area contributed by atoms with Crippen LogP contribution in [0.4, 0.5) is 17.6 Å². The Labute approximate surface area is 114 Å². The fourth-order valence-electron chi connectivity index (χ4n) is 2.48. The van der Waals surface area contributed by atoms with E-state index in [0.717, 1.165) is 31.7 Å². The molecule has 1 aliphatic rings. The molecule has 0 spiro atoms. The Morgan fingerprint density at radius 2 is 1.90 bits per heavy atom. The maximum atomic E-state index is 13.2. The molecule has 1 fully saturated rings. The molecule has 20 heavy (non-hydrogen) atoms. The van der Waals surface area contributed by atoms with E-state index in [-0.39, 0.29) is 11.6 Å². The summed E-state index contributed by atoms with van der Waals surface area (Å²) in [6, 6.07) is 3.93. The van der Waals surface area contributed by atoms with E-state index in [4.69, 9.17) is 5.26 Å². The summed E-state index contributed by atoms with van der Waals surface area (Å²) in [6.07, 6.45) is -0.843. The molecule has 0 aliphatic heterocycles. The van der Waals surface area contributed by atoms with Crippen LogP contribution in [0.5, 0.6) is 0 Å². The van der Waals surface area contributed by atoms with Gasteiger partial charge in [-0.2, -0.15) is 18.4 Å². The standard InChI is InChI=1S/C14H14F4N2/c15-12-6-5-9(7-11(12)14(16,17)18)13(8-19)20-10-3-1-2-4-10/h5-7,10,13,20H,1-4H2. The zero-order valence-corrected chi connectivity index (χ0v) is 10.7. The third-order valence-electron chi connectivity index (χ3n) is 3.52. The van der Waals surface area contributed by atoms with Crippen molar-refractivity contribution in [3.05, 3.63) is 35.1 Å². The molecule has 0 radical (unpaired) electrons. The highest BCUT2D eigenvalue weighted by atomic mass is 19.4. The molecular formula is C14H14F4N2. The minimum Gasteiger partial charge on any atom is -0.295 e. The molecule has 0 amide bonds. The molecule has 1 aromatic rings. The molecule has 1 unspecified atom stereocenters. The molecule has 0 bridgehead atoms. The van der Waals surface area contributed by atoms with Crippen LogP contribution in [-0.4, -0.2) is 6.04 Å². The van der Waals surface area contributed by atoms with Crippen molar-refractivity contribution in [3.63, 3.8) is 0 Å². The van der Waals surface area contributed by atoms with E-state index in [9.17, 15) is 17.6 Å². The van der Waals surface area contributed by atoms with Gasteiger partial charge in [0.05, 0.1) is 11.6 Å². The fourth-order valence-corrected chi connectivity index (χ4v) is 2.48. The molecule has 2 rings (SSSR count). The van der Waals surface area contributed by atoms with Crippen LogP contribution < -0.4 is 5.32 Å². The molecule has 1 aromatic carbocycles. The van der Waals surface area contributed by atoms with E-state index in [1.807, 2.05) is 6.07 Å². The average Bonchev–Trinajstić information content (AvgIpc) is 2.88. The topological polar surface area (TPSA) is 35.8 Å². The first kappa shape index (κ1) is 14.8. The quantitative estimate of drug-likeness (QED) is 0.854. The number of nitrogens with one attached hydrogen (secondary N) is 1. The second-order valence-electron chi connectivity index (χ2n) is 4.95. The van der Waals surface area contributed by atoms with Gasteiger partial charge in [-0.3, -0.25) is 5.32 Å². The van der Waals surface area contributed by atoms with Gasteiger partial charge < -0.3 is 0 Å². The Balaban J connectivity index is 2.24. The Morgan fingerprint density at radius 1 is 1.25 bits per heavy atom. The van der Waals surface area contributed by atoms with Crippen molar-refractivity contribution >= 4 is 0 Å². The number of nitriles is 1. The van der Waals surface area contributed by atoms with Crippen LogP contribution in [0.1, 0.15) is 42.9 Å². The van der Waals surface area contributed by atoms with Gasteiger partial charge in [0.15, 0.2) is 0 Å². The number of hydrogen-bond acceptors (Lipinski definition) is 2. The monoisotopic (exact) mass is 286 g/mol. The summed E-state index contributed by atoms with van der Waals surface area (Å²) in [6.45, 7) is 0. The minimum absolute atomic E-state index is 0.138. The smallest absolute Gasteiger partial charge is 0.295 e. The zero-order chi connectivity index (χ0) is 14.8. The predicted molar refractivity (Wildman–Crippen MR) is 65.1 cm³/mol. The largest absolute Gasteiger partial charge is 0.419 e. The van der Waals surface area contributed by atoms with Crippen LogP contribution in [-0.2, 0) is 6.18 Å². The normalized spacial score (nSPS) is 17.9. The summed E-state index contributed by atoms with van der Waals surface area (Å²) in [5.74, 6) is -1.32. The highest BCUT2D eigenvalue weighted by Crippen LogP contribution is 2.33. The molecule has 2 nitrogen and oxygen atoms in total. The molecule has 6 heteroatoms. The molecule has 0 saturated heterocycles. The van der Waals surface area contributed by atoms with Gasteiger partial charge in [0.25, 0.3) is 0 Å². The lowest BCUT2D eigenvalue weighted by molar-refractivity contribution is -0.140. The van der Waals surface area contributed by atoms with Gasteiger partial charge in [0.1, 0.15) is 11.9 Å². The fraction of sp³-hybridized carbons (Fsp3) is 0.500. The van der Waals surface area contributed by atoms with Crippen molar-refractivity contribution in [1.29, 1.82) is 5.26 Å². The Morgan fingerprint density at radius 3 is 2.45 bits per heavy atom. The van der Waals surface area contributed by atoms with Gasteiger partial charge in [-0.25, -0.2) is 4.39 Å². The maximum Gasteiger partial charge on any atom is 0.419 e. The third-order valence-corrected chi connectivity index (χ3v) is 3.52. The van der Waals surface area contributed by atoms with Gasteiger partial charge in [0.2, 0.25) is 0 Å². The van der Waals surface area contributed by atoms with Crippen LogP contribution >= 0.6 is 0 Å². The second kappa shape index (κ2) is 5.80. The summed E-state index contributed by atoms with van der Waals surface area (Å²) in [5, 5.41) is 12.1. The highest BCUT2D eigenvalue weighted by molar-refractivity contribution is 5.32.